The van der Waals surface area contributed by atoms with E-state index in [0.29, 0.717) is 30.3 Å². The first kappa shape index (κ1) is 17.3. The molecule has 140 valence electrons. The summed E-state index contributed by atoms with van der Waals surface area (Å²) < 4.78 is 10.8. The SMILES string of the molecule is COc1ccc(N2CCOCC2)cc1NC(=O)c1nc2nc(C)ccc2[nH]1. The van der Waals surface area contributed by atoms with Gasteiger partial charge in [0.05, 0.1) is 31.5 Å². The number of nitrogens with one attached hydrogen (secondary N) is 2. The quantitative estimate of drug-likeness (QED) is 0.735. The van der Waals surface area contributed by atoms with Gasteiger partial charge in [-0.25, -0.2) is 9.97 Å². The van der Waals surface area contributed by atoms with Crippen molar-refractivity contribution in [3.05, 3.63) is 41.9 Å². The molecule has 2 aromatic heterocycles. The van der Waals surface area contributed by atoms with Crippen LogP contribution >= 0.6 is 0 Å². The predicted molar refractivity (Wildman–Crippen MR) is 103 cm³/mol. The van der Waals surface area contributed by atoms with Crippen LogP contribution in [0.15, 0.2) is 30.3 Å². The molecule has 27 heavy (non-hydrogen) atoms. The Morgan fingerprint density at radius 1 is 1.22 bits per heavy atom. The predicted octanol–water partition coefficient (Wildman–Crippen LogP) is 2.36. The van der Waals surface area contributed by atoms with Crippen molar-refractivity contribution >= 4 is 28.4 Å². The van der Waals surface area contributed by atoms with Crippen LogP contribution in [0.5, 0.6) is 5.75 Å². The zero-order chi connectivity index (χ0) is 18.8. The number of morpholine rings is 1. The van der Waals surface area contributed by atoms with E-state index in [-0.39, 0.29) is 11.7 Å². The Morgan fingerprint density at radius 2 is 2.04 bits per heavy atom. The van der Waals surface area contributed by atoms with E-state index in [4.69, 9.17) is 9.47 Å². The second-order valence-electron chi connectivity index (χ2n) is 6.35. The summed E-state index contributed by atoms with van der Waals surface area (Å²) in [4.78, 5) is 26.5. The van der Waals surface area contributed by atoms with Crippen molar-refractivity contribution < 1.29 is 14.3 Å². The summed E-state index contributed by atoms with van der Waals surface area (Å²) in [5.41, 5.74) is 3.70. The Morgan fingerprint density at radius 3 is 2.81 bits per heavy atom. The normalized spacial score (nSPS) is 14.4. The number of ether oxygens (including phenoxy) is 2. The molecule has 2 N–H and O–H groups in total. The number of aryl methyl sites for hydroxylation is 1. The zero-order valence-electron chi connectivity index (χ0n) is 15.3. The highest BCUT2D eigenvalue weighted by molar-refractivity contribution is 6.04. The highest BCUT2D eigenvalue weighted by Gasteiger charge is 2.17. The number of carbonyl (C=O) groups excluding carboxylic acids is 1. The van der Waals surface area contributed by atoms with E-state index in [9.17, 15) is 4.79 Å². The number of hydrogen-bond donors (Lipinski definition) is 2. The molecule has 1 aliphatic rings. The summed E-state index contributed by atoms with van der Waals surface area (Å²) in [5.74, 6) is 0.454. The second-order valence-corrected chi connectivity index (χ2v) is 6.35. The summed E-state index contributed by atoms with van der Waals surface area (Å²) in [7, 11) is 1.58. The molecule has 0 saturated carbocycles. The standard InChI is InChI=1S/C19H21N5O3/c1-12-3-5-14-17(20-12)23-18(21-14)19(25)22-15-11-13(4-6-16(15)26-2)24-7-9-27-10-8-24/h3-6,11H,7-10H2,1-2H3,(H,22,25)(H,20,21,23). The molecule has 0 bridgehead atoms. The largest absolute Gasteiger partial charge is 0.495 e. The average Bonchev–Trinajstić information content (AvgIpc) is 3.12. The molecular formula is C19H21N5O3. The van der Waals surface area contributed by atoms with Crippen LogP contribution in [0.3, 0.4) is 0 Å². The van der Waals surface area contributed by atoms with E-state index in [0.717, 1.165) is 30.0 Å². The third kappa shape index (κ3) is 3.56. The highest BCUT2D eigenvalue weighted by Crippen LogP contribution is 2.30. The van der Waals surface area contributed by atoms with Gasteiger partial charge in [0.25, 0.3) is 5.91 Å². The first-order chi connectivity index (χ1) is 13.1. The van der Waals surface area contributed by atoms with Crippen molar-refractivity contribution in [1.29, 1.82) is 0 Å². The maximum absolute atomic E-state index is 12.7. The van der Waals surface area contributed by atoms with Crippen molar-refractivity contribution in [2.45, 2.75) is 6.92 Å². The number of rotatable bonds is 4. The summed E-state index contributed by atoms with van der Waals surface area (Å²) in [6.45, 7) is 4.90. The Labute approximate surface area is 156 Å². The maximum atomic E-state index is 12.7. The first-order valence-corrected chi connectivity index (χ1v) is 8.79. The van der Waals surface area contributed by atoms with Crippen molar-refractivity contribution in [2.24, 2.45) is 0 Å². The molecule has 1 fully saturated rings. The van der Waals surface area contributed by atoms with E-state index in [1.54, 1.807) is 7.11 Å². The number of methoxy groups -OCH3 is 1. The monoisotopic (exact) mass is 367 g/mol. The number of aromatic nitrogens is 3. The number of aromatic amines is 1. The van der Waals surface area contributed by atoms with Gasteiger partial charge in [-0.15, -0.1) is 0 Å². The minimum Gasteiger partial charge on any atom is -0.495 e. The van der Waals surface area contributed by atoms with Crippen LogP contribution in [0.25, 0.3) is 11.2 Å². The maximum Gasteiger partial charge on any atom is 0.291 e. The Bertz CT molecular complexity index is 979. The van der Waals surface area contributed by atoms with E-state index >= 15 is 0 Å². The third-order valence-electron chi connectivity index (χ3n) is 4.51. The molecule has 0 radical (unpaired) electrons. The van der Waals surface area contributed by atoms with E-state index in [1.165, 1.54) is 0 Å². The van der Waals surface area contributed by atoms with Crippen LogP contribution in [-0.4, -0.2) is 54.3 Å². The molecule has 1 aliphatic heterocycles. The molecule has 0 spiro atoms. The van der Waals surface area contributed by atoms with Crippen molar-refractivity contribution in [3.8, 4) is 5.75 Å². The van der Waals surface area contributed by atoms with E-state index in [2.05, 4.69) is 25.2 Å². The summed E-state index contributed by atoms with van der Waals surface area (Å²) in [6, 6.07) is 9.48. The van der Waals surface area contributed by atoms with Gasteiger partial charge in [-0.05, 0) is 37.3 Å². The fraction of sp³-hybridized carbons (Fsp3) is 0.316. The molecule has 0 unspecified atom stereocenters. The van der Waals surface area contributed by atoms with Crippen LogP contribution in [0.2, 0.25) is 0 Å². The van der Waals surface area contributed by atoms with Crippen molar-refractivity contribution in [1.82, 2.24) is 15.0 Å². The van der Waals surface area contributed by atoms with Crippen LogP contribution in [-0.2, 0) is 4.74 Å². The van der Waals surface area contributed by atoms with Gasteiger partial charge in [-0.1, -0.05) is 0 Å². The highest BCUT2D eigenvalue weighted by atomic mass is 16.5. The Kier molecular flexibility index (Phi) is 4.64. The molecule has 1 saturated heterocycles. The first-order valence-electron chi connectivity index (χ1n) is 8.79. The van der Waals surface area contributed by atoms with Gasteiger partial charge in [0.2, 0.25) is 0 Å². The molecule has 8 nitrogen and oxygen atoms in total. The molecule has 0 aliphatic carbocycles. The smallest absolute Gasteiger partial charge is 0.291 e. The van der Waals surface area contributed by atoms with Gasteiger partial charge in [-0.3, -0.25) is 4.79 Å². The number of anilines is 2. The van der Waals surface area contributed by atoms with E-state index in [1.807, 2.05) is 37.3 Å². The van der Waals surface area contributed by atoms with Crippen LogP contribution in [0, 0.1) is 6.92 Å². The van der Waals surface area contributed by atoms with Crippen LogP contribution in [0.4, 0.5) is 11.4 Å². The van der Waals surface area contributed by atoms with E-state index < -0.39 is 0 Å². The number of benzene rings is 1. The van der Waals surface area contributed by atoms with Gasteiger partial charge < -0.3 is 24.7 Å². The van der Waals surface area contributed by atoms with Crippen molar-refractivity contribution in [2.75, 3.05) is 43.6 Å². The zero-order valence-corrected chi connectivity index (χ0v) is 15.3. The lowest BCUT2D eigenvalue weighted by atomic mass is 10.2. The molecule has 3 heterocycles. The van der Waals surface area contributed by atoms with Gasteiger partial charge in [0.15, 0.2) is 11.5 Å². The fourth-order valence-corrected chi connectivity index (χ4v) is 3.09. The Hall–Kier alpha value is -3.13. The molecular weight excluding hydrogens is 346 g/mol. The van der Waals surface area contributed by atoms with Gasteiger partial charge >= 0.3 is 0 Å². The van der Waals surface area contributed by atoms with Gasteiger partial charge in [0.1, 0.15) is 5.75 Å². The minimum absolute atomic E-state index is 0.210. The van der Waals surface area contributed by atoms with Crippen LogP contribution < -0.4 is 15.0 Å². The van der Waals surface area contributed by atoms with Crippen LogP contribution in [0.1, 0.15) is 16.3 Å². The Balaban J connectivity index is 1.60. The molecule has 4 rings (SSSR count). The molecule has 1 aromatic carbocycles. The summed E-state index contributed by atoms with van der Waals surface area (Å²) >= 11 is 0. The minimum atomic E-state index is -0.344. The van der Waals surface area contributed by atoms with Gasteiger partial charge in [0, 0.05) is 24.5 Å². The number of pyridine rings is 1. The lowest BCUT2D eigenvalue weighted by molar-refractivity contribution is 0.101. The molecule has 0 atom stereocenters. The molecule has 1 amide bonds. The number of amides is 1. The second kappa shape index (κ2) is 7.24. The number of fused-ring (bicyclic) bond motifs is 1. The number of nitrogens with zero attached hydrogens (tertiary/aromatic N) is 3. The number of carbonyl (C=O) groups is 1. The fourth-order valence-electron chi connectivity index (χ4n) is 3.09. The lowest BCUT2D eigenvalue weighted by Gasteiger charge is -2.29. The van der Waals surface area contributed by atoms with Crippen molar-refractivity contribution in [3.63, 3.8) is 0 Å². The summed E-state index contributed by atoms with van der Waals surface area (Å²) in [5, 5.41) is 2.89. The number of hydrogen-bond acceptors (Lipinski definition) is 6. The third-order valence-corrected chi connectivity index (χ3v) is 4.51. The molecule has 8 heteroatoms. The number of H-pyrrole nitrogens is 1. The number of imidazole rings is 1. The topological polar surface area (TPSA) is 92.4 Å². The summed E-state index contributed by atoms with van der Waals surface area (Å²) in [6.07, 6.45) is 0. The van der Waals surface area contributed by atoms with Gasteiger partial charge in [-0.2, -0.15) is 0 Å². The lowest BCUT2D eigenvalue weighted by Crippen LogP contribution is -2.36. The molecule has 3 aromatic rings. The average molecular weight is 367 g/mol.